The molecule has 4 N–H and O–H groups in total. The number of hydrogen-bond acceptors (Lipinski definition) is 7. The summed E-state index contributed by atoms with van der Waals surface area (Å²) in [5, 5.41) is 11.4. The standard InChI is InChI=1S/C29H24ClN5O6/c30-20-7-4-8-22(15-20)34-27(37)26(36)31-16-24-13-14-25(41-24)17-32-35-29(39)28(38)33-21-9-11-23(12-10-21)40-18-19-5-2-1-3-6-19/h1-15,17H,16,18H2,(H,31,36)(H,33,38)(H,34,37)(H,35,39)/b32-17+. The van der Waals surface area contributed by atoms with Crippen molar-refractivity contribution in [2.45, 2.75) is 13.2 Å². The first kappa shape index (κ1) is 28.6. The number of amides is 4. The zero-order valence-electron chi connectivity index (χ0n) is 21.4. The van der Waals surface area contributed by atoms with Crippen LogP contribution in [0.4, 0.5) is 11.4 Å². The zero-order chi connectivity index (χ0) is 29.0. The number of carbonyl (C=O) groups is 4. The highest BCUT2D eigenvalue weighted by Gasteiger charge is 2.15. The van der Waals surface area contributed by atoms with Crippen molar-refractivity contribution in [2.75, 3.05) is 10.6 Å². The van der Waals surface area contributed by atoms with Crippen LogP contribution in [0, 0.1) is 0 Å². The van der Waals surface area contributed by atoms with Gasteiger partial charge >= 0.3 is 23.6 Å². The number of rotatable bonds is 9. The zero-order valence-corrected chi connectivity index (χ0v) is 22.2. The van der Waals surface area contributed by atoms with Crippen molar-refractivity contribution in [3.05, 3.63) is 113 Å². The molecule has 0 fully saturated rings. The monoisotopic (exact) mass is 573 g/mol. The van der Waals surface area contributed by atoms with Gasteiger partial charge in [0, 0.05) is 16.4 Å². The highest BCUT2D eigenvalue weighted by atomic mass is 35.5. The molecule has 1 heterocycles. The van der Waals surface area contributed by atoms with Crippen LogP contribution in [0.3, 0.4) is 0 Å². The van der Waals surface area contributed by atoms with Gasteiger partial charge in [0.15, 0.2) is 0 Å². The fourth-order valence-electron chi connectivity index (χ4n) is 3.33. The van der Waals surface area contributed by atoms with Crippen LogP contribution in [0.1, 0.15) is 17.1 Å². The van der Waals surface area contributed by atoms with Crippen molar-refractivity contribution in [1.29, 1.82) is 0 Å². The second kappa shape index (κ2) is 14.1. The second-order valence-corrected chi connectivity index (χ2v) is 8.84. The highest BCUT2D eigenvalue weighted by Crippen LogP contribution is 2.17. The molecule has 0 spiro atoms. The summed E-state index contributed by atoms with van der Waals surface area (Å²) in [6.07, 6.45) is 1.18. The summed E-state index contributed by atoms with van der Waals surface area (Å²) < 4.78 is 11.2. The first-order valence-electron chi connectivity index (χ1n) is 12.2. The van der Waals surface area contributed by atoms with Crippen LogP contribution in [0.2, 0.25) is 5.02 Å². The maximum absolute atomic E-state index is 12.2. The molecule has 208 valence electrons. The number of furan rings is 1. The summed E-state index contributed by atoms with van der Waals surface area (Å²) >= 11 is 5.86. The smallest absolute Gasteiger partial charge is 0.329 e. The first-order chi connectivity index (χ1) is 19.9. The van der Waals surface area contributed by atoms with Gasteiger partial charge in [-0.15, -0.1) is 0 Å². The third-order valence-corrected chi connectivity index (χ3v) is 5.55. The average molecular weight is 574 g/mol. The van der Waals surface area contributed by atoms with Crippen LogP contribution in [0.25, 0.3) is 0 Å². The third-order valence-electron chi connectivity index (χ3n) is 5.32. The molecule has 4 rings (SSSR count). The number of nitrogens with zero attached hydrogens (tertiary/aromatic N) is 1. The van der Waals surface area contributed by atoms with Gasteiger partial charge in [-0.3, -0.25) is 19.2 Å². The van der Waals surface area contributed by atoms with E-state index in [0.29, 0.717) is 34.5 Å². The number of hydrazone groups is 1. The highest BCUT2D eigenvalue weighted by molar-refractivity contribution is 6.40. The predicted octanol–water partition coefficient (Wildman–Crippen LogP) is 3.86. The molecule has 1 aromatic heterocycles. The van der Waals surface area contributed by atoms with Gasteiger partial charge in [0.2, 0.25) is 0 Å². The predicted molar refractivity (Wildman–Crippen MR) is 152 cm³/mol. The fourth-order valence-corrected chi connectivity index (χ4v) is 3.52. The second-order valence-electron chi connectivity index (χ2n) is 8.40. The molecule has 0 aliphatic heterocycles. The van der Waals surface area contributed by atoms with Crippen molar-refractivity contribution in [3.8, 4) is 5.75 Å². The van der Waals surface area contributed by atoms with E-state index in [1.54, 1.807) is 48.5 Å². The Kier molecular flexibility index (Phi) is 9.83. The van der Waals surface area contributed by atoms with Crippen LogP contribution < -0.4 is 26.1 Å². The van der Waals surface area contributed by atoms with Gasteiger partial charge in [-0.25, -0.2) is 5.43 Å². The normalized spacial score (nSPS) is 10.6. The minimum atomic E-state index is -0.990. The SMILES string of the molecule is O=C(NCc1ccc(/C=N/NC(=O)C(=O)Nc2ccc(OCc3ccccc3)cc2)o1)C(=O)Nc1cccc(Cl)c1. The fraction of sp³-hybridized carbons (Fsp3) is 0.0690. The average Bonchev–Trinajstić information content (AvgIpc) is 3.43. The summed E-state index contributed by atoms with van der Waals surface area (Å²) in [6.45, 7) is 0.335. The number of hydrogen-bond donors (Lipinski definition) is 4. The number of carbonyl (C=O) groups excluding carboxylic acids is 4. The molecule has 0 unspecified atom stereocenters. The summed E-state index contributed by atoms with van der Waals surface area (Å²) in [6, 6.07) is 25.7. The van der Waals surface area contributed by atoms with Crippen LogP contribution in [0.5, 0.6) is 5.75 Å². The Morgan fingerprint density at radius 3 is 2.27 bits per heavy atom. The lowest BCUT2D eigenvalue weighted by atomic mass is 10.2. The number of nitrogens with one attached hydrogen (secondary N) is 4. The number of anilines is 2. The van der Waals surface area contributed by atoms with Crippen molar-refractivity contribution in [1.82, 2.24) is 10.7 Å². The van der Waals surface area contributed by atoms with Crippen LogP contribution >= 0.6 is 11.6 Å². The lowest BCUT2D eigenvalue weighted by molar-refractivity contribution is -0.136. The molecular formula is C29H24ClN5O6. The van der Waals surface area contributed by atoms with E-state index in [0.717, 1.165) is 5.56 Å². The van der Waals surface area contributed by atoms with Crippen molar-refractivity contribution in [3.63, 3.8) is 0 Å². The molecule has 0 radical (unpaired) electrons. The minimum absolute atomic E-state index is 0.0690. The van der Waals surface area contributed by atoms with Gasteiger partial charge in [-0.05, 0) is 60.2 Å². The summed E-state index contributed by atoms with van der Waals surface area (Å²) in [5.41, 5.74) is 3.91. The molecule has 0 aliphatic carbocycles. The van der Waals surface area contributed by atoms with E-state index in [-0.39, 0.29) is 12.3 Å². The Labute approximate surface area is 239 Å². The van der Waals surface area contributed by atoms with E-state index < -0.39 is 23.6 Å². The molecule has 4 amide bonds. The summed E-state index contributed by atoms with van der Waals surface area (Å²) in [7, 11) is 0. The topological polar surface area (TPSA) is 151 Å². The maximum atomic E-state index is 12.2. The Morgan fingerprint density at radius 2 is 1.51 bits per heavy atom. The molecule has 0 aliphatic rings. The van der Waals surface area contributed by atoms with Gasteiger partial charge in [0.25, 0.3) is 0 Å². The largest absolute Gasteiger partial charge is 0.489 e. The molecule has 0 saturated heterocycles. The van der Waals surface area contributed by atoms with Gasteiger partial charge in [-0.2, -0.15) is 5.10 Å². The van der Waals surface area contributed by atoms with E-state index >= 15 is 0 Å². The molecule has 3 aromatic carbocycles. The summed E-state index contributed by atoms with van der Waals surface area (Å²) in [5.74, 6) is -2.47. The Balaban J connectivity index is 1.17. The number of ether oxygens (including phenoxy) is 1. The first-order valence-corrected chi connectivity index (χ1v) is 12.6. The lowest BCUT2D eigenvalue weighted by Crippen LogP contribution is -2.34. The quantitative estimate of drug-likeness (QED) is 0.136. The Hall–Kier alpha value is -5.42. The van der Waals surface area contributed by atoms with Crippen molar-refractivity contribution < 1.29 is 28.3 Å². The van der Waals surface area contributed by atoms with Crippen LogP contribution in [-0.2, 0) is 32.3 Å². The van der Waals surface area contributed by atoms with Crippen LogP contribution in [-0.4, -0.2) is 29.8 Å². The molecule has 0 saturated carbocycles. The molecule has 0 atom stereocenters. The Bertz CT molecular complexity index is 1550. The maximum Gasteiger partial charge on any atom is 0.329 e. The van der Waals surface area contributed by atoms with E-state index in [9.17, 15) is 19.2 Å². The van der Waals surface area contributed by atoms with E-state index in [1.807, 2.05) is 30.3 Å². The van der Waals surface area contributed by atoms with Gasteiger partial charge in [-0.1, -0.05) is 48.0 Å². The Morgan fingerprint density at radius 1 is 0.780 bits per heavy atom. The molecular weight excluding hydrogens is 550 g/mol. The third kappa shape index (κ3) is 9.08. The van der Waals surface area contributed by atoms with E-state index in [4.69, 9.17) is 20.8 Å². The summed E-state index contributed by atoms with van der Waals surface area (Å²) in [4.78, 5) is 48.3. The van der Waals surface area contributed by atoms with Gasteiger partial charge in [0.05, 0.1) is 12.8 Å². The molecule has 11 nitrogen and oxygen atoms in total. The molecule has 4 aromatic rings. The van der Waals surface area contributed by atoms with Crippen LogP contribution in [0.15, 0.2) is 101 Å². The molecule has 41 heavy (non-hydrogen) atoms. The lowest BCUT2D eigenvalue weighted by Gasteiger charge is -2.08. The van der Waals surface area contributed by atoms with E-state index in [1.165, 1.54) is 18.3 Å². The van der Waals surface area contributed by atoms with Crippen molar-refractivity contribution in [2.24, 2.45) is 5.10 Å². The minimum Gasteiger partial charge on any atom is -0.489 e. The van der Waals surface area contributed by atoms with Gasteiger partial charge in [0.1, 0.15) is 23.9 Å². The van der Waals surface area contributed by atoms with E-state index in [2.05, 4.69) is 26.5 Å². The number of halogens is 1. The number of benzene rings is 3. The molecule has 12 heteroatoms. The van der Waals surface area contributed by atoms with Gasteiger partial charge < -0.3 is 25.1 Å². The molecule has 0 bridgehead atoms. The van der Waals surface area contributed by atoms with Crippen molar-refractivity contribution >= 4 is 52.8 Å².